The van der Waals surface area contributed by atoms with Gasteiger partial charge in [0.1, 0.15) is 0 Å². The Morgan fingerprint density at radius 3 is 2.35 bits per heavy atom. The first kappa shape index (κ1) is 36.4. The summed E-state index contributed by atoms with van der Waals surface area (Å²) in [6.07, 6.45) is 14.8. The maximum Gasteiger partial charge on any atom is 0.233 e. The Labute approximate surface area is 222 Å². The minimum absolute atomic E-state index is 0.0900. The van der Waals surface area contributed by atoms with Gasteiger partial charge in [0.2, 0.25) is 18.2 Å². The van der Waals surface area contributed by atoms with Crippen molar-refractivity contribution in [2.24, 2.45) is 5.73 Å². The molecule has 0 aliphatic heterocycles. The van der Waals surface area contributed by atoms with Crippen LogP contribution < -0.4 is 21.8 Å². The van der Waals surface area contributed by atoms with Gasteiger partial charge < -0.3 is 26.5 Å². The van der Waals surface area contributed by atoms with Crippen LogP contribution in [0.4, 0.5) is 0 Å². The maximum absolute atomic E-state index is 12.0. The lowest BCUT2D eigenvalue weighted by molar-refractivity contribution is -0.149. The van der Waals surface area contributed by atoms with Gasteiger partial charge in [-0.05, 0) is 51.5 Å². The van der Waals surface area contributed by atoms with Crippen molar-refractivity contribution in [1.82, 2.24) is 26.1 Å². The second-order valence-electron chi connectivity index (χ2n) is 8.40. The highest BCUT2D eigenvalue weighted by atomic mass is 16.5. The van der Waals surface area contributed by atoms with E-state index in [1.54, 1.807) is 11.9 Å². The quantitative estimate of drug-likeness (QED) is 0.0411. The van der Waals surface area contributed by atoms with Crippen LogP contribution in [0.15, 0.2) is 36.6 Å². The van der Waals surface area contributed by atoms with Crippen LogP contribution in [0.25, 0.3) is 0 Å². The molecule has 0 rings (SSSR count). The molecule has 11 nitrogen and oxygen atoms in total. The van der Waals surface area contributed by atoms with E-state index < -0.39 is 0 Å². The minimum atomic E-state index is 0.0900. The Bertz CT molecular complexity index is 657. The molecule has 0 bridgehead atoms. The predicted molar refractivity (Wildman–Crippen MR) is 147 cm³/mol. The normalized spacial score (nSPS) is 10.6. The Kier molecular flexibility index (Phi) is 27.4. The molecule has 0 heterocycles. The van der Waals surface area contributed by atoms with Crippen molar-refractivity contribution >= 4 is 18.2 Å². The smallest absolute Gasteiger partial charge is 0.233 e. The molecule has 214 valence electrons. The highest BCUT2D eigenvalue weighted by Gasteiger charge is 2.07. The lowest BCUT2D eigenvalue weighted by atomic mass is 10.2. The number of allylic oxidation sites excluding steroid dienone is 1. The van der Waals surface area contributed by atoms with Crippen molar-refractivity contribution in [2.45, 2.75) is 64.7 Å². The molecule has 0 saturated carbocycles. The number of rotatable bonds is 22. The van der Waals surface area contributed by atoms with Gasteiger partial charge in [-0.1, -0.05) is 37.8 Å². The third-order valence-corrected chi connectivity index (χ3v) is 4.99. The molecule has 0 saturated heterocycles. The molecular formula is C26H50N6O5. The number of hydrogen-bond acceptors (Lipinski definition) is 8. The summed E-state index contributed by atoms with van der Waals surface area (Å²) in [6, 6.07) is 0. The molecule has 0 spiro atoms. The summed E-state index contributed by atoms with van der Waals surface area (Å²) < 4.78 is 0. The van der Waals surface area contributed by atoms with Crippen molar-refractivity contribution in [1.29, 1.82) is 0 Å². The van der Waals surface area contributed by atoms with E-state index in [1.807, 2.05) is 36.7 Å². The van der Waals surface area contributed by atoms with E-state index in [2.05, 4.69) is 17.2 Å². The van der Waals surface area contributed by atoms with Crippen molar-refractivity contribution in [2.75, 3.05) is 46.3 Å². The Hall–Kier alpha value is -2.73. The molecule has 0 aliphatic rings. The monoisotopic (exact) mass is 526 g/mol. The molecule has 0 aromatic carbocycles. The zero-order valence-electron chi connectivity index (χ0n) is 22.8. The largest absolute Gasteiger partial charge is 0.389 e. The minimum Gasteiger partial charge on any atom is -0.389 e. The standard InChI is InChI=1S/C17H32N4O3.C9H18N2O2/c1-16(19-12-6-4-8-14-21(24)15-22)9-10-17(23)20(2)13-7-3-5-11-18;1-2-6-9(12)10-7-4-3-5-8-11-13/h3,7,15,19,24H,1,4-6,8-14,18H2,2H3;3-4,11,13H,2,5-8H2,1H3,(H,10,12)/b7-3+;4-3+. The second-order valence-corrected chi connectivity index (χ2v) is 8.40. The lowest BCUT2D eigenvalue weighted by Crippen LogP contribution is -2.27. The maximum atomic E-state index is 12.0. The number of nitrogens with zero attached hydrogens (tertiary/aromatic N) is 2. The van der Waals surface area contributed by atoms with Gasteiger partial charge in [0.05, 0.1) is 0 Å². The fourth-order valence-corrected chi connectivity index (χ4v) is 2.82. The third kappa shape index (κ3) is 27.7. The van der Waals surface area contributed by atoms with Gasteiger partial charge in [0.15, 0.2) is 0 Å². The Morgan fingerprint density at radius 2 is 1.70 bits per heavy atom. The van der Waals surface area contributed by atoms with Gasteiger partial charge >= 0.3 is 0 Å². The summed E-state index contributed by atoms with van der Waals surface area (Å²) in [7, 11) is 1.79. The summed E-state index contributed by atoms with van der Waals surface area (Å²) in [5, 5.41) is 23.8. The highest BCUT2D eigenvalue weighted by molar-refractivity contribution is 5.76. The zero-order chi connectivity index (χ0) is 28.2. The summed E-state index contributed by atoms with van der Waals surface area (Å²) in [5.41, 5.74) is 8.30. The fourth-order valence-electron chi connectivity index (χ4n) is 2.82. The van der Waals surface area contributed by atoms with E-state index in [-0.39, 0.29) is 11.8 Å². The first-order valence-electron chi connectivity index (χ1n) is 13.0. The molecule has 0 unspecified atom stereocenters. The van der Waals surface area contributed by atoms with Crippen LogP contribution in [0.2, 0.25) is 0 Å². The number of likely N-dealkylation sites (N-methyl/N-ethyl adjacent to an activating group) is 1. The Morgan fingerprint density at radius 1 is 0.973 bits per heavy atom. The SMILES string of the molecule is C=C(CCC(=O)N(C)C/C=C/CCN)NCCCCCN(O)C=O.CCCC(=O)NC/C=C/CCNO. The predicted octanol–water partition coefficient (Wildman–Crippen LogP) is 2.08. The number of carbonyl (C=O) groups is 3. The van der Waals surface area contributed by atoms with Gasteiger partial charge in [-0.25, -0.2) is 10.5 Å². The van der Waals surface area contributed by atoms with Crippen LogP contribution in [0.5, 0.6) is 0 Å². The number of carbonyl (C=O) groups excluding carboxylic acids is 3. The lowest BCUT2D eigenvalue weighted by Gasteiger charge is -2.16. The van der Waals surface area contributed by atoms with Gasteiger partial charge in [0, 0.05) is 58.3 Å². The van der Waals surface area contributed by atoms with Gasteiger partial charge in [0.25, 0.3) is 0 Å². The number of hydrogen-bond donors (Lipinski definition) is 6. The first-order valence-corrected chi connectivity index (χ1v) is 13.0. The summed E-state index contributed by atoms with van der Waals surface area (Å²) >= 11 is 0. The zero-order valence-corrected chi connectivity index (χ0v) is 22.8. The van der Waals surface area contributed by atoms with Crippen LogP contribution in [-0.4, -0.2) is 84.9 Å². The van der Waals surface area contributed by atoms with Crippen LogP contribution in [0.1, 0.15) is 64.7 Å². The summed E-state index contributed by atoms with van der Waals surface area (Å²) in [6.45, 7) is 9.36. The number of hydroxylamine groups is 3. The second kappa shape index (κ2) is 27.9. The third-order valence-electron chi connectivity index (χ3n) is 4.99. The van der Waals surface area contributed by atoms with Crippen molar-refractivity contribution in [3.63, 3.8) is 0 Å². The van der Waals surface area contributed by atoms with Gasteiger partial charge in [-0.2, -0.15) is 0 Å². The van der Waals surface area contributed by atoms with E-state index in [4.69, 9.17) is 16.1 Å². The van der Waals surface area contributed by atoms with Crippen LogP contribution >= 0.6 is 0 Å². The van der Waals surface area contributed by atoms with Gasteiger partial charge in [-0.15, -0.1) is 0 Å². The number of amides is 3. The average Bonchev–Trinajstić information content (AvgIpc) is 2.89. The van der Waals surface area contributed by atoms with E-state index in [1.165, 1.54) is 0 Å². The van der Waals surface area contributed by atoms with Crippen molar-refractivity contribution in [3.05, 3.63) is 36.6 Å². The van der Waals surface area contributed by atoms with E-state index in [0.717, 1.165) is 50.8 Å². The van der Waals surface area contributed by atoms with Crippen LogP contribution in [0, 0.1) is 0 Å². The first-order chi connectivity index (χ1) is 17.8. The van der Waals surface area contributed by atoms with Crippen molar-refractivity contribution in [3.8, 4) is 0 Å². The number of nitrogens with one attached hydrogen (secondary N) is 3. The molecule has 0 atom stereocenters. The number of nitrogens with two attached hydrogens (primary N) is 1. The van der Waals surface area contributed by atoms with E-state index >= 15 is 0 Å². The highest BCUT2D eigenvalue weighted by Crippen LogP contribution is 2.03. The van der Waals surface area contributed by atoms with Crippen molar-refractivity contribution < 1.29 is 24.8 Å². The fraction of sp³-hybridized carbons (Fsp3) is 0.654. The topological polar surface area (TPSA) is 160 Å². The molecule has 0 radical (unpaired) electrons. The molecule has 3 amide bonds. The molecule has 0 aromatic heterocycles. The average molecular weight is 527 g/mol. The molecule has 11 heteroatoms. The van der Waals surface area contributed by atoms with Crippen LogP contribution in [0.3, 0.4) is 0 Å². The molecule has 0 aliphatic carbocycles. The summed E-state index contributed by atoms with van der Waals surface area (Å²) in [5.74, 6) is 0.180. The molecule has 37 heavy (non-hydrogen) atoms. The van der Waals surface area contributed by atoms with E-state index in [9.17, 15) is 14.4 Å². The summed E-state index contributed by atoms with van der Waals surface area (Å²) in [4.78, 5) is 34.8. The molecule has 0 fully saturated rings. The number of unbranched alkanes of at least 4 members (excludes halogenated alkanes) is 2. The molecule has 7 N–H and O–H groups in total. The van der Waals surface area contributed by atoms with Gasteiger partial charge in [-0.3, -0.25) is 19.6 Å². The molecular weight excluding hydrogens is 476 g/mol. The molecule has 0 aromatic rings. The van der Waals surface area contributed by atoms with E-state index in [0.29, 0.717) is 63.5 Å². The Balaban J connectivity index is 0. The van der Waals surface area contributed by atoms with Crippen LogP contribution in [-0.2, 0) is 14.4 Å².